The fourth-order valence-electron chi connectivity index (χ4n) is 5.44. The summed E-state index contributed by atoms with van der Waals surface area (Å²) in [5, 5.41) is 0. The maximum atomic E-state index is 13.3. The van der Waals surface area contributed by atoms with Crippen LogP contribution in [0.3, 0.4) is 0 Å². The average Bonchev–Trinajstić information content (AvgIpc) is 3.59. The molecule has 0 N–H and O–H groups in total. The molecular formula is C29H28O8. The van der Waals surface area contributed by atoms with Crippen LogP contribution in [0.4, 0.5) is 0 Å². The first-order valence-electron chi connectivity index (χ1n) is 12.3. The third-order valence-corrected chi connectivity index (χ3v) is 7.48. The average molecular weight is 505 g/mol. The van der Waals surface area contributed by atoms with E-state index in [2.05, 4.69) is 13.8 Å². The number of esters is 1. The van der Waals surface area contributed by atoms with Crippen LogP contribution in [0, 0.1) is 11.8 Å². The number of hydrogen-bond donors (Lipinski definition) is 0. The van der Waals surface area contributed by atoms with E-state index in [4.69, 9.17) is 33.2 Å². The van der Waals surface area contributed by atoms with Gasteiger partial charge in [0.25, 0.3) is 0 Å². The highest BCUT2D eigenvalue weighted by Gasteiger charge is 2.40. The zero-order valence-electron chi connectivity index (χ0n) is 21.2. The van der Waals surface area contributed by atoms with Crippen LogP contribution in [0.1, 0.15) is 41.4 Å². The molecule has 3 aromatic rings. The van der Waals surface area contributed by atoms with Crippen molar-refractivity contribution in [1.29, 1.82) is 0 Å². The van der Waals surface area contributed by atoms with Crippen molar-refractivity contribution in [3.8, 4) is 45.6 Å². The third kappa shape index (κ3) is 3.70. The second kappa shape index (κ2) is 9.10. The number of hydrogen-bond acceptors (Lipinski definition) is 8. The van der Waals surface area contributed by atoms with Crippen molar-refractivity contribution in [2.24, 2.45) is 11.8 Å². The molecule has 6 rings (SSSR count). The zero-order valence-corrected chi connectivity index (χ0v) is 21.2. The Hall–Kier alpha value is -4.07. The van der Waals surface area contributed by atoms with Crippen molar-refractivity contribution in [2.45, 2.75) is 26.4 Å². The zero-order chi connectivity index (χ0) is 25.7. The molecule has 0 radical (unpaired) electrons. The van der Waals surface area contributed by atoms with Crippen LogP contribution in [-0.4, -0.2) is 33.8 Å². The van der Waals surface area contributed by atoms with Gasteiger partial charge < -0.3 is 33.2 Å². The summed E-state index contributed by atoms with van der Waals surface area (Å²) in [7, 11) is 3.20. The van der Waals surface area contributed by atoms with Crippen LogP contribution in [0.2, 0.25) is 0 Å². The normalized spacial score (nSPS) is 20.8. The summed E-state index contributed by atoms with van der Waals surface area (Å²) in [5.74, 6) is 2.95. The Kier molecular flexibility index (Phi) is 5.74. The van der Waals surface area contributed by atoms with Gasteiger partial charge in [-0.1, -0.05) is 32.0 Å². The lowest BCUT2D eigenvalue weighted by atomic mass is 9.76. The molecule has 0 amide bonds. The summed E-state index contributed by atoms with van der Waals surface area (Å²) in [4.78, 5) is 13.3. The van der Waals surface area contributed by atoms with Gasteiger partial charge in [0.1, 0.15) is 6.10 Å². The molecule has 192 valence electrons. The molecule has 0 saturated carbocycles. The summed E-state index contributed by atoms with van der Waals surface area (Å²) in [6.45, 7) is 4.44. The molecular weight excluding hydrogens is 476 g/mol. The quantitative estimate of drug-likeness (QED) is 0.428. The molecule has 1 aliphatic carbocycles. The van der Waals surface area contributed by atoms with Crippen LogP contribution in [0.15, 0.2) is 42.5 Å². The molecule has 0 fully saturated rings. The van der Waals surface area contributed by atoms with Crippen LogP contribution in [0.5, 0.6) is 34.5 Å². The number of ether oxygens (including phenoxy) is 7. The van der Waals surface area contributed by atoms with Gasteiger partial charge in [0.2, 0.25) is 25.1 Å². The smallest absolute Gasteiger partial charge is 0.338 e. The van der Waals surface area contributed by atoms with Gasteiger partial charge in [0.05, 0.1) is 19.8 Å². The Morgan fingerprint density at radius 2 is 1.46 bits per heavy atom. The lowest BCUT2D eigenvalue weighted by Gasteiger charge is -2.35. The summed E-state index contributed by atoms with van der Waals surface area (Å²) < 4.78 is 41.3. The van der Waals surface area contributed by atoms with Gasteiger partial charge >= 0.3 is 5.97 Å². The number of benzene rings is 3. The topological polar surface area (TPSA) is 81.7 Å². The lowest BCUT2D eigenvalue weighted by molar-refractivity contribution is 0.00701. The first kappa shape index (κ1) is 23.3. The lowest BCUT2D eigenvalue weighted by Crippen LogP contribution is -2.26. The van der Waals surface area contributed by atoms with Crippen LogP contribution >= 0.6 is 0 Å². The second-order valence-corrected chi connectivity index (χ2v) is 9.52. The van der Waals surface area contributed by atoms with Gasteiger partial charge in [-0.2, -0.15) is 0 Å². The van der Waals surface area contributed by atoms with Crippen molar-refractivity contribution in [3.05, 3.63) is 59.2 Å². The van der Waals surface area contributed by atoms with Gasteiger partial charge in [-0.3, -0.25) is 0 Å². The standard InChI is InChI=1S/C29H28O8/c1-15-10-18-11-20-25(35-13-33-20)27(31-3)22(18)23-19(12-21-26(28(23)32-4)36-14-34-21)24(16(15)2)37-29(30)17-8-6-5-7-9-17/h5-9,11-12,15-16,24H,10,13-14H2,1-4H3. The minimum absolute atomic E-state index is 0.0407. The monoisotopic (exact) mass is 504 g/mol. The second-order valence-electron chi connectivity index (χ2n) is 9.52. The molecule has 0 aromatic heterocycles. The number of fused-ring (bicyclic) bond motifs is 5. The number of carbonyl (C=O) groups is 1. The van der Waals surface area contributed by atoms with Gasteiger partial charge in [0, 0.05) is 22.6 Å². The van der Waals surface area contributed by atoms with Gasteiger partial charge in [-0.15, -0.1) is 0 Å². The molecule has 0 bridgehead atoms. The van der Waals surface area contributed by atoms with E-state index in [-0.39, 0.29) is 25.4 Å². The number of rotatable bonds is 4. The van der Waals surface area contributed by atoms with Crippen molar-refractivity contribution in [3.63, 3.8) is 0 Å². The molecule has 8 heteroatoms. The highest BCUT2D eigenvalue weighted by molar-refractivity contribution is 5.91. The Morgan fingerprint density at radius 3 is 2.11 bits per heavy atom. The Balaban J connectivity index is 1.63. The third-order valence-electron chi connectivity index (χ3n) is 7.48. The molecule has 3 atom stereocenters. The number of carbonyl (C=O) groups excluding carboxylic acids is 1. The van der Waals surface area contributed by atoms with E-state index in [9.17, 15) is 4.79 Å². The molecule has 0 saturated heterocycles. The highest BCUT2D eigenvalue weighted by atomic mass is 16.7. The molecule has 3 unspecified atom stereocenters. The van der Waals surface area contributed by atoms with Crippen LogP contribution < -0.4 is 28.4 Å². The predicted octanol–water partition coefficient (Wildman–Crippen LogP) is 5.55. The summed E-state index contributed by atoms with van der Waals surface area (Å²) >= 11 is 0. The predicted molar refractivity (Wildman–Crippen MR) is 134 cm³/mol. The molecule has 3 aromatic carbocycles. The number of methoxy groups -OCH3 is 2. The SMILES string of the molecule is COc1c2c(cc3c1-c1c(cc4c(c1OC)OCO4)C(OC(=O)c1ccccc1)C(C)C(C)C3)OCO2. The summed E-state index contributed by atoms with van der Waals surface area (Å²) in [6.07, 6.45) is 0.101. The fourth-order valence-corrected chi connectivity index (χ4v) is 5.44. The first-order chi connectivity index (χ1) is 18.0. The highest BCUT2D eigenvalue weighted by Crippen LogP contribution is 2.59. The van der Waals surface area contributed by atoms with Crippen molar-refractivity contribution in [2.75, 3.05) is 27.8 Å². The van der Waals surface area contributed by atoms with E-state index < -0.39 is 12.1 Å². The minimum atomic E-state index is -0.593. The van der Waals surface area contributed by atoms with Crippen molar-refractivity contribution < 1.29 is 38.0 Å². The van der Waals surface area contributed by atoms with Crippen LogP contribution in [0.25, 0.3) is 11.1 Å². The summed E-state index contributed by atoms with van der Waals surface area (Å²) in [5.41, 5.74) is 3.78. The Bertz CT molecular complexity index is 1370. The van der Waals surface area contributed by atoms with E-state index in [1.807, 2.05) is 30.3 Å². The molecule has 3 aliphatic rings. The van der Waals surface area contributed by atoms with Crippen molar-refractivity contribution in [1.82, 2.24) is 0 Å². The molecule has 2 heterocycles. The van der Waals surface area contributed by atoms with E-state index in [1.54, 1.807) is 26.4 Å². The first-order valence-corrected chi connectivity index (χ1v) is 12.3. The van der Waals surface area contributed by atoms with Gasteiger partial charge in [-0.05, 0) is 42.2 Å². The largest absolute Gasteiger partial charge is 0.492 e. The molecule has 8 nitrogen and oxygen atoms in total. The van der Waals surface area contributed by atoms with Gasteiger partial charge in [0.15, 0.2) is 23.0 Å². The maximum absolute atomic E-state index is 13.3. The Labute approximate surface area is 214 Å². The Morgan fingerprint density at radius 1 is 0.838 bits per heavy atom. The van der Waals surface area contributed by atoms with Crippen molar-refractivity contribution >= 4 is 5.97 Å². The van der Waals surface area contributed by atoms with E-state index in [1.165, 1.54) is 0 Å². The molecule has 2 aliphatic heterocycles. The van der Waals surface area contributed by atoms with E-state index >= 15 is 0 Å². The maximum Gasteiger partial charge on any atom is 0.338 e. The van der Waals surface area contributed by atoms with E-state index in [0.717, 1.165) is 22.3 Å². The van der Waals surface area contributed by atoms with Gasteiger partial charge in [-0.25, -0.2) is 4.79 Å². The van der Waals surface area contributed by atoms with Crippen LogP contribution in [-0.2, 0) is 11.2 Å². The summed E-state index contributed by atoms with van der Waals surface area (Å²) in [6, 6.07) is 12.9. The van der Waals surface area contributed by atoms with E-state index in [0.29, 0.717) is 46.5 Å². The fraction of sp³-hybridized carbons (Fsp3) is 0.345. The molecule has 37 heavy (non-hydrogen) atoms. The molecule has 0 spiro atoms. The minimum Gasteiger partial charge on any atom is -0.492 e.